The van der Waals surface area contributed by atoms with E-state index in [2.05, 4.69) is 31.6 Å². The number of amides is 6. The predicted octanol–water partition coefficient (Wildman–Crippen LogP) is 1.23. The van der Waals surface area contributed by atoms with E-state index in [0.29, 0.717) is 45.7 Å². The standard InChI is InChI=1S/C47H71N9O9/c1-31(2)40(52-32(3)57)44(60)55-41(34-16-9-6-10-17-34)45(61)53-37(20-13-21-51-47(48)49)46(62)56-30-36-19-12-11-18-35(36)29-39(56)43(59)54-38(28-33-14-7-5-8-15-33)42(58)50-22-23-64-26-27-65-25-24-63-4/h5,7-8,11-12,14-15,18-19,31,34,37-41H,6,9-10,13,16-17,20-30H2,1-4H3,(H,50,58)(H,52,57)(H,53,61)(H,54,59)(H,55,60)(H4,48,49,51)/t37-,38-,39-,40-,41-/m0/s1. The number of fused-ring (bicyclic) bond motifs is 1. The Labute approximate surface area is 383 Å². The summed E-state index contributed by atoms with van der Waals surface area (Å²) in [5, 5.41) is 14.5. The van der Waals surface area contributed by atoms with Crippen LogP contribution in [0, 0.1) is 11.8 Å². The summed E-state index contributed by atoms with van der Waals surface area (Å²) in [6, 6.07) is 11.8. The molecule has 2 aromatic carbocycles. The van der Waals surface area contributed by atoms with Crippen molar-refractivity contribution in [1.29, 1.82) is 0 Å². The quantitative estimate of drug-likeness (QED) is 0.0402. The zero-order chi connectivity index (χ0) is 47.1. The highest BCUT2D eigenvalue weighted by atomic mass is 16.5. The number of aliphatic imine (C=N–C) groups is 1. The molecule has 0 saturated heterocycles. The molecule has 1 fully saturated rings. The number of nitrogens with one attached hydrogen (secondary N) is 5. The van der Waals surface area contributed by atoms with Crippen molar-refractivity contribution in [3.05, 3.63) is 71.3 Å². The molecule has 1 heterocycles. The smallest absolute Gasteiger partial charge is 0.246 e. The molecule has 1 aliphatic carbocycles. The molecule has 6 amide bonds. The van der Waals surface area contributed by atoms with Gasteiger partial charge in [0.15, 0.2) is 5.96 Å². The lowest BCUT2D eigenvalue weighted by Gasteiger charge is -2.39. The molecule has 0 bridgehead atoms. The van der Waals surface area contributed by atoms with E-state index in [1.165, 1.54) is 11.8 Å². The predicted molar refractivity (Wildman–Crippen MR) is 246 cm³/mol. The maximum Gasteiger partial charge on any atom is 0.246 e. The van der Waals surface area contributed by atoms with E-state index in [9.17, 15) is 24.0 Å². The van der Waals surface area contributed by atoms with Gasteiger partial charge in [-0.25, -0.2) is 0 Å². The van der Waals surface area contributed by atoms with Gasteiger partial charge in [0.25, 0.3) is 0 Å². The maximum absolute atomic E-state index is 15.0. The van der Waals surface area contributed by atoms with Crippen molar-refractivity contribution in [2.45, 2.75) is 115 Å². The number of nitrogens with zero attached hydrogens (tertiary/aromatic N) is 2. The van der Waals surface area contributed by atoms with E-state index in [1.54, 1.807) is 21.0 Å². The molecule has 9 N–H and O–H groups in total. The lowest BCUT2D eigenvalue weighted by molar-refractivity contribution is -0.146. The molecule has 18 nitrogen and oxygen atoms in total. The summed E-state index contributed by atoms with van der Waals surface area (Å²) >= 11 is 0. The van der Waals surface area contributed by atoms with Gasteiger partial charge < -0.3 is 57.2 Å². The molecule has 1 saturated carbocycles. The van der Waals surface area contributed by atoms with Gasteiger partial charge in [-0.05, 0) is 54.2 Å². The largest absolute Gasteiger partial charge is 0.382 e. The molecule has 0 unspecified atom stereocenters. The second-order valence-corrected chi connectivity index (χ2v) is 17.0. The minimum Gasteiger partial charge on any atom is -0.382 e. The van der Waals surface area contributed by atoms with Gasteiger partial charge in [0, 0.05) is 46.5 Å². The first-order chi connectivity index (χ1) is 31.3. The van der Waals surface area contributed by atoms with Crippen molar-refractivity contribution in [3.63, 3.8) is 0 Å². The highest BCUT2D eigenvalue weighted by Crippen LogP contribution is 2.28. The number of methoxy groups -OCH3 is 1. The number of ether oxygens (including phenoxy) is 3. The van der Waals surface area contributed by atoms with Crippen LogP contribution in [0.4, 0.5) is 0 Å². The Morgan fingerprint density at radius 3 is 2.09 bits per heavy atom. The number of hydrogen-bond donors (Lipinski definition) is 7. The van der Waals surface area contributed by atoms with Crippen molar-refractivity contribution < 1.29 is 43.0 Å². The number of carbonyl (C=O) groups is 6. The van der Waals surface area contributed by atoms with Gasteiger partial charge in [-0.2, -0.15) is 0 Å². The Kier molecular flexibility index (Phi) is 22.2. The van der Waals surface area contributed by atoms with E-state index in [-0.39, 0.29) is 69.2 Å². The summed E-state index contributed by atoms with van der Waals surface area (Å²) in [6.07, 6.45) is 4.87. The lowest BCUT2D eigenvalue weighted by atomic mass is 9.83. The van der Waals surface area contributed by atoms with Crippen molar-refractivity contribution >= 4 is 41.4 Å². The first-order valence-corrected chi connectivity index (χ1v) is 22.9. The molecule has 0 aromatic heterocycles. The third kappa shape index (κ3) is 17.4. The van der Waals surface area contributed by atoms with Crippen molar-refractivity contribution in [2.75, 3.05) is 53.2 Å². The van der Waals surface area contributed by atoms with Crippen LogP contribution in [0.3, 0.4) is 0 Å². The van der Waals surface area contributed by atoms with Crippen molar-refractivity contribution in [1.82, 2.24) is 31.5 Å². The van der Waals surface area contributed by atoms with Crippen LogP contribution < -0.4 is 38.1 Å². The Bertz CT molecular complexity index is 1870. The van der Waals surface area contributed by atoms with Crippen LogP contribution in [0.5, 0.6) is 0 Å². The third-order valence-corrected chi connectivity index (χ3v) is 11.7. The fraction of sp³-hybridized carbons (Fsp3) is 0.596. The molecule has 0 spiro atoms. The van der Waals surface area contributed by atoms with Crippen LogP contribution in [0.15, 0.2) is 59.6 Å². The summed E-state index contributed by atoms with van der Waals surface area (Å²) in [7, 11) is 1.60. The highest BCUT2D eigenvalue weighted by molar-refractivity contribution is 5.97. The third-order valence-electron chi connectivity index (χ3n) is 11.7. The molecule has 0 radical (unpaired) electrons. The van der Waals surface area contributed by atoms with Crippen LogP contribution in [0.2, 0.25) is 0 Å². The normalized spacial score (nSPS) is 16.8. The van der Waals surface area contributed by atoms with Crippen LogP contribution in [-0.2, 0) is 62.4 Å². The molecule has 65 heavy (non-hydrogen) atoms. The number of hydrogen-bond acceptors (Lipinski definition) is 10. The van der Waals surface area contributed by atoms with E-state index in [0.717, 1.165) is 36.0 Å². The number of nitrogens with two attached hydrogens (primary N) is 2. The van der Waals surface area contributed by atoms with Gasteiger partial charge in [0.2, 0.25) is 35.4 Å². The lowest BCUT2D eigenvalue weighted by Crippen LogP contribution is -2.62. The Morgan fingerprint density at radius 1 is 0.769 bits per heavy atom. The SMILES string of the molecule is COCCOCCOCCNC(=O)[C@H](Cc1ccccc1)NC(=O)[C@@H]1Cc2ccccc2CN1C(=O)[C@H](CCCN=C(N)N)NC(=O)[C@@H](NC(=O)[C@@H](NC(C)=O)C(C)C)C1CCCCC1. The average Bonchev–Trinajstić information content (AvgIpc) is 3.29. The van der Waals surface area contributed by atoms with E-state index >= 15 is 4.79 Å². The topological polar surface area (TPSA) is 258 Å². The number of guanidine groups is 1. The minimum atomic E-state index is -1.15. The van der Waals surface area contributed by atoms with Crippen LogP contribution in [0.1, 0.15) is 82.4 Å². The fourth-order valence-corrected chi connectivity index (χ4v) is 8.23. The zero-order valence-electron chi connectivity index (χ0n) is 38.5. The Balaban J connectivity index is 1.60. The van der Waals surface area contributed by atoms with Crippen molar-refractivity contribution in [2.24, 2.45) is 28.3 Å². The minimum absolute atomic E-state index is 0.0605. The zero-order valence-corrected chi connectivity index (χ0v) is 38.5. The Hall–Kier alpha value is -5.59. The summed E-state index contributed by atoms with van der Waals surface area (Å²) in [5.41, 5.74) is 13.7. The van der Waals surface area contributed by atoms with Gasteiger partial charge in [0.1, 0.15) is 30.2 Å². The highest BCUT2D eigenvalue weighted by Gasteiger charge is 2.41. The molecule has 2 aliphatic rings. The molecule has 5 atom stereocenters. The van der Waals surface area contributed by atoms with E-state index < -0.39 is 59.7 Å². The second kappa shape index (κ2) is 27.7. The average molecular weight is 906 g/mol. The van der Waals surface area contributed by atoms with Gasteiger partial charge in [-0.3, -0.25) is 33.8 Å². The monoisotopic (exact) mass is 906 g/mol. The van der Waals surface area contributed by atoms with Crippen LogP contribution in [-0.4, -0.2) is 130 Å². The molecular formula is C47H71N9O9. The summed E-state index contributed by atoms with van der Waals surface area (Å²) < 4.78 is 16.0. The summed E-state index contributed by atoms with van der Waals surface area (Å²) in [6.45, 7) is 7.23. The summed E-state index contributed by atoms with van der Waals surface area (Å²) in [4.78, 5) is 89.3. The second-order valence-electron chi connectivity index (χ2n) is 17.0. The number of carbonyl (C=O) groups excluding carboxylic acids is 6. The first-order valence-electron chi connectivity index (χ1n) is 22.9. The van der Waals surface area contributed by atoms with Gasteiger partial charge in [0.05, 0.1) is 33.0 Å². The van der Waals surface area contributed by atoms with E-state index in [1.807, 2.05) is 54.6 Å². The molecule has 18 heteroatoms. The summed E-state index contributed by atoms with van der Waals surface area (Å²) in [5.74, 6) is -3.49. The molecule has 4 rings (SSSR count). The number of benzene rings is 2. The molecular weight excluding hydrogens is 835 g/mol. The fourth-order valence-electron chi connectivity index (χ4n) is 8.23. The van der Waals surface area contributed by atoms with Gasteiger partial charge in [-0.15, -0.1) is 0 Å². The van der Waals surface area contributed by atoms with E-state index in [4.69, 9.17) is 25.7 Å². The molecule has 358 valence electrons. The Morgan fingerprint density at radius 2 is 1.43 bits per heavy atom. The molecule has 1 aliphatic heterocycles. The van der Waals surface area contributed by atoms with Crippen LogP contribution in [0.25, 0.3) is 0 Å². The van der Waals surface area contributed by atoms with Crippen LogP contribution >= 0.6 is 0 Å². The maximum atomic E-state index is 15.0. The van der Waals surface area contributed by atoms with Crippen molar-refractivity contribution in [3.8, 4) is 0 Å². The number of rotatable bonds is 26. The molecule has 2 aromatic rings. The van der Waals surface area contributed by atoms with Gasteiger partial charge >= 0.3 is 0 Å². The van der Waals surface area contributed by atoms with Gasteiger partial charge in [-0.1, -0.05) is 87.7 Å². The first kappa shape index (κ1) is 52.0.